The lowest BCUT2D eigenvalue weighted by Gasteiger charge is -2.23. The van der Waals surface area contributed by atoms with Crippen LogP contribution in [0.4, 0.5) is 0 Å². The van der Waals surface area contributed by atoms with E-state index in [9.17, 15) is 14.4 Å². The Morgan fingerprint density at radius 2 is 0.672 bits per heavy atom. The first-order valence-corrected chi connectivity index (χ1v) is 26.0. The normalized spacial score (nSPS) is 11.6. The summed E-state index contributed by atoms with van der Waals surface area (Å²) < 4.78 is 5.38. The molecule has 0 aromatic carbocycles. The number of nitrogens with zero attached hydrogens (tertiary/aromatic N) is 1. The number of hydrogen-bond acceptors (Lipinski definition) is 4. The Bertz CT molecular complexity index is 864. The molecule has 0 saturated carbocycles. The minimum absolute atomic E-state index is 0.0111. The summed E-state index contributed by atoms with van der Waals surface area (Å²) in [6.07, 6.45) is 50.0. The molecule has 0 aliphatic rings. The van der Waals surface area contributed by atoms with E-state index in [-0.39, 0.29) is 24.3 Å². The molecule has 0 atom stereocenters. The van der Waals surface area contributed by atoms with Crippen molar-refractivity contribution in [2.75, 3.05) is 19.6 Å². The van der Waals surface area contributed by atoms with E-state index in [0.29, 0.717) is 12.8 Å². The van der Waals surface area contributed by atoms with E-state index in [1.807, 2.05) is 25.7 Å². The Morgan fingerprint density at radius 3 is 0.983 bits per heavy atom. The third kappa shape index (κ3) is 44.0. The van der Waals surface area contributed by atoms with Crippen LogP contribution in [0.2, 0.25) is 0 Å². The third-order valence-electron chi connectivity index (χ3n) is 11.8. The Morgan fingerprint density at radius 1 is 0.397 bits per heavy atom. The molecule has 6 heteroatoms. The lowest BCUT2D eigenvalue weighted by molar-refractivity contribution is -0.155. The Hall–Kier alpha value is -1.59. The molecule has 0 aromatic heterocycles. The molecule has 0 radical (unpaired) electrons. The van der Waals surface area contributed by atoms with Crippen molar-refractivity contribution in [2.24, 2.45) is 0 Å². The number of ether oxygens (including phenoxy) is 1. The Labute approximate surface area is 362 Å². The number of rotatable bonds is 45. The summed E-state index contributed by atoms with van der Waals surface area (Å²) >= 11 is 0. The second kappa shape index (κ2) is 43.5. The molecule has 0 unspecified atom stereocenters. The first-order chi connectivity index (χ1) is 28.2. The maximum atomic E-state index is 13.3. The van der Waals surface area contributed by atoms with Crippen LogP contribution in [0.5, 0.6) is 0 Å². The molecule has 344 valence electrons. The minimum atomic E-state index is -0.419. The second-order valence-electron chi connectivity index (χ2n) is 19.0. The molecule has 0 bridgehead atoms. The van der Waals surface area contributed by atoms with Gasteiger partial charge in [0.15, 0.2) is 0 Å². The van der Waals surface area contributed by atoms with Crippen LogP contribution < -0.4 is 5.32 Å². The molecule has 0 aliphatic heterocycles. The molecule has 0 aromatic rings. The summed E-state index contributed by atoms with van der Waals surface area (Å²) in [4.78, 5) is 39.8. The van der Waals surface area contributed by atoms with Crippen LogP contribution >= 0.6 is 0 Å². The van der Waals surface area contributed by atoms with Gasteiger partial charge in [-0.1, -0.05) is 232 Å². The zero-order valence-electron chi connectivity index (χ0n) is 40.0. The number of carbonyl (C=O) groups excluding carboxylic acids is 3. The van der Waals surface area contributed by atoms with Gasteiger partial charge in [-0.25, -0.2) is 0 Å². The molecule has 1 N–H and O–H groups in total. The summed E-state index contributed by atoms with van der Waals surface area (Å²) in [7, 11) is 0. The van der Waals surface area contributed by atoms with E-state index in [0.717, 1.165) is 64.5 Å². The molecule has 0 saturated heterocycles. The van der Waals surface area contributed by atoms with E-state index in [2.05, 4.69) is 19.2 Å². The zero-order valence-corrected chi connectivity index (χ0v) is 40.0. The van der Waals surface area contributed by atoms with Crippen LogP contribution in [0.25, 0.3) is 0 Å². The zero-order chi connectivity index (χ0) is 42.6. The number of carbonyl (C=O) groups is 3. The molecule has 2 amide bonds. The van der Waals surface area contributed by atoms with Crippen LogP contribution in [0.15, 0.2) is 0 Å². The predicted molar refractivity (Wildman–Crippen MR) is 251 cm³/mol. The first kappa shape index (κ1) is 56.4. The average molecular weight is 819 g/mol. The van der Waals surface area contributed by atoms with Crippen molar-refractivity contribution >= 4 is 17.8 Å². The monoisotopic (exact) mass is 819 g/mol. The van der Waals surface area contributed by atoms with E-state index < -0.39 is 5.60 Å². The van der Waals surface area contributed by atoms with Crippen molar-refractivity contribution in [3.8, 4) is 0 Å². The van der Waals surface area contributed by atoms with Crippen molar-refractivity contribution in [1.82, 2.24) is 10.2 Å². The van der Waals surface area contributed by atoms with Gasteiger partial charge in [0.05, 0.1) is 6.54 Å². The van der Waals surface area contributed by atoms with Crippen LogP contribution in [-0.4, -0.2) is 47.9 Å². The lowest BCUT2D eigenvalue weighted by Crippen LogP contribution is -2.41. The standard InChI is InChI=1S/C52H102N2O4/c1-6-8-10-12-14-16-18-20-22-24-26-28-30-34-38-42-46-54(47-43-39-35-31-29-27-25-23-21-19-17-15-13-11-9-7-2)50(56)48-53-49(55)44-40-36-32-33-37-41-45-51(57)58-52(3,4)5/h6-48H2,1-5H3,(H,53,55). The highest BCUT2D eigenvalue weighted by molar-refractivity contribution is 5.84. The van der Waals surface area contributed by atoms with Gasteiger partial charge in [-0.3, -0.25) is 14.4 Å². The molecule has 58 heavy (non-hydrogen) atoms. The van der Waals surface area contributed by atoms with Gasteiger partial charge in [-0.05, 0) is 46.5 Å². The lowest BCUT2D eigenvalue weighted by atomic mass is 10.0. The highest BCUT2D eigenvalue weighted by Crippen LogP contribution is 2.17. The fraction of sp³-hybridized carbons (Fsp3) is 0.942. The third-order valence-corrected chi connectivity index (χ3v) is 11.8. The van der Waals surface area contributed by atoms with Gasteiger partial charge in [0.1, 0.15) is 5.60 Å². The van der Waals surface area contributed by atoms with Crippen molar-refractivity contribution < 1.29 is 19.1 Å². The summed E-state index contributed by atoms with van der Waals surface area (Å²) in [5, 5.41) is 2.94. The molecule has 0 spiro atoms. The van der Waals surface area contributed by atoms with Crippen molar-refractivity contribution in [3.05, 3.63) is 0 Å². The molecule has 0 heterocycles. The van der Waals surface area contributed by atoms with Gasteiger partial charge in [-0.15, -0.1) is 0 Å². The quantitative estimate of drug-likeness (QED) is 0.0490. The fourth-order valence-corrected chi connectivity index (χ4v) is 8.09. The Balaban J connectivity index is 4.26. The van der Waals surface area contributed by atoms with Gasteiger partial charge in [0.25, 0.3) is 0 Å². The van der Waals surface area contributed by atoms with Gasteiger partial charge < -0.3 is 15.0 Å². The van der Waals surface area contributed by atoms with Crippen molar-refractivity contribution in [3.63, 3.8) is 0 Å². The molecule has 0 aliphatic carbocycles. The van der Waals surface area contributed by atoms with Gasteiger partial charge in [0, 0.05) is 25.9 Å². The predicted octanol–water partition coefficient (Wildman–Crippen LogP) is 15.9. The molecule has 0 rings (SSSR count). The van der Waals surface area contributed by atoms with Crippen molar-refractivity contribution in [2.45, 2.75) is 297 Å². The first-order valence-electron chi connectivity index (χ1n) is 26.0. The van der Waals surface area contributed by atoms with Crippen LogP contribution in [0, 0.1) is 0 Å². The summed E-state index contributed by atoms with van der Waals surface area (Å²) in [5.41, 5.74) is -0.419. The van der Waals surface area contributed by atoms with Gasteiger partial charge >= 0.3 is 5.97 Å². The topological polar surface area (TPSA) is 75.7 Å². The van der Waals surface area contributed by atoms with E-state index in [4.69, 9.17) is 4.74 Å². The van der Waals surface area contributed by atoms with Crippen LogP contribution in [-0.2, 0) is 19.1 Å². The highest BCUT2D eigenvalue weighted by atomic mass is 16.6. The van der Waals surface area contributed by atoms with Crippen LogP contribution in [0.1, 0.15) is 291 Å². The van der Waals surface area contributed by atoms with Gasteiger partial charge in [0.2, 0.25) is 11.8 Å². The van der Waals surface area contributed by atoms with E-state index in [1.54, 1.807) is 0 Å². The fourth-order valence-electron chi connectivity index (χ4n) is 8.09. The maximum absolute atomic E-state index is 13.3. The molecule has 0 fully saturated rings. The molecule has 6 nitrogen and oxygen atoms in total. The Kier molecular flexibility index (Phi) is 42.3. The number of hydrogen-bond donors (Lipinski definition) is 1. The number of esters is 1. The summed E-state index contributed by atoms with van der Waals surface area (Å²) in [6, 6.07) is 0. The maximum Gasteiger partial charge on any atom is 0.306 e. The summed E-state index contributed by atoms with van der Waals surface area (Å²) in [6.45, 7) is 12.0. The highest BCUT2D eigenvalue weighted by Gasteiger charge is 2.16. The second-order valence-corrected chi connectivity index (χ2v) is 19.0. The van der Waals surface area contributed by atoms with Gasteiger partial charge in [-0.2, -0.15) is 0 Å². The number of nitrogens with one attached hydrogen (secondary N) is 1. The van der Waals surface area contributed by atoms with Crippen molar-refractivity contribution in [1.29, 1.82) is 0 Å². The van der Waals surface area contributed by atoms with Crippen LogP contribution in [0.3, 0.4) is 0 Å². The SMILES string of the molecule is CCCCCCCCCCCCCCCCCCN(CCCCCCCCCCCCCCCCCC)C(=O)CNC(=O)CCCCCCCCC(=O)OC(C)(C)C. The molecular formula is C52H102N2O4. The number of unbranched alkanes of at least 4 members (excludes halogenated alkanes) is 35. The molecular weight excluding hydrogens is 717 g/mol. The van der Waals surface area contributed by atoms with E-state index >= 15 is 0 Å². The summed E-state index contributed by atoms with van der Waals surface area (Å²) in [5.74, 6) is -0.0457. The smallest absolute Gasteiger partial charge is 0.306 e. The largest absolute Gasteiger partial charge is 0.460 e. The number of amides is 2. The van der Waals surface area contributed by atoms with E-state index in [1.165, 1.54) is 193 Å². The minimum Gasteiger partial charge on any atom is -0.460 e. The average Bonchev–Trinajstić information content (AvgIpc) is 3.19.